The number of aromatic nitrogens is 2. The van der Waals surface area contributed by atoms with Gasteiger partial charge in [-0.3, -0.25) is 9.36 Å². The highest BCUT2D eigenvalue weighted by Gasteiger charge is 2.26. The van der Waals surface area contributed by atoms with Gasteiger partial charge in [0.05, 0.1) is 5.39 Å². The zero-order chi connectivity index (χ0) is 20.8. The summed E-state index contributed by atoms with van der Waals surface area (Å²) >= 11 is 3.32. The van der Waals surface area contributed by atoms with Crippen LogP contribution >= 0.6 is 22.7 Å². The smallest absolute Gasteiger partial charge is 0.263 e. The first kappa shape index (κ1) is 19.7. The highest BCUT2D eigenvalue weighted by atomic mass is 32.1. The van der Waals surface area contributed by atoms with Crippen molar-refractivity contribution in [2.24, 2.45) is 0 Å². The van der Waals surface area contributed by atoms with Crippen molar-refractivity contribution in [2.75, 3.05) is 20.1 Å². The van der Waals surface area contributed by atoms with Gasteiger partial charge in [-0.2, -0.15) is 0 Å². The number of aryl methyl sites for hydroxylation is 2. The topological polar surface area (TPSA) is 38.1 Å². The van der Waals surface area contributed by atoms with E-state index < -0.39 is 0 Å². The van der Waals surface area contributed by atoms with Crippen LogP contribution in [0.15, 0.2) is 46.6 Å². The molecule has 1 aromatic carbocycles. The molecule has 0 amide bonds. The zero-order valence-electron chi connectivity index (χ0n) is 17.5. The van der Waals surface area contributed by atoms with E-state index in [4.69, 9.17) is 4.98 Å². The highest BCUT2D eigenvalue weighted by Crippen LogP contribution is 2.39. The van der Waals surface area contributed by atoms with Gasteiger partial charge in [0.15, 0.2) is 0 Å². The molecule has 30 heavy (non-hydrogen) atoms. The molecule has 0 radical (unpaired) electrons. The average molecular weight is 436 g/mol. The molecule has 0 saturated carbocycles. The van der Waals surface area contributed by atoms with Crippen molar-refractivity contribution in [3.63, 3.8) is 0 Å². The minimum Gasteiger partial charge on any atom is -0.306 e. The molecule has 1 saturated heterocycles. The number of benzene rings is 1. The molecule has 5 rings (SSSR count). The van der Waals surface area contributed by atoms with Crippen LogP contribution in [0.25, 0.3) is 32.0 Å². The number of hydrogen-bond donors (Lipinski definition) is 0. The molecule has 0 N–H and O–H groups in total. The van der Waals surface area contributed by atoms with Crippen molar-refractivity contribution in [3.8, 4) is 21.8 Å². The van der Waals surface area contributed by atoms with E-state index in [9.17, 15) is 4.79 Å². The number of thiophene rings is 2. The van der Waals surface area contributed by atoms with E-state index in [0.717, 1.165) is 62.9 Å². The summed E-state index contributed by atoms with van der Waals surface area (Å²) in [6.45, 7) is 6.19. The largest absolute Gasteiger partial charge is 0.306 e. The number of piperidine rings is 1. The quantitative estimate of drug-likeness (QED) is 0.412. The third-order valence-electron chi connectivity index (χ3n) is 6.06. The molecule has 6 heteroatoms. The summed E-state index contributed by atoms with van der Waals surface area (Å²) in [5.74, 6) is 0.807. The van der Waals surface area contributed by atoms with Gasteiger partial charge in [0.25, 0.3) is 5.56 Å². The standard InChI is InChI=1S/C24H25N3OS2/c1-15-6-8-17(9-7-15)22-25-23-21(20(16(2)30-23)19-5-4-14-29-19)24(28)27(22)18-10-12-26(3)13-11-18/h4-9,14,18H,10-13H2,1-3H3. The summed E-state index contributed by atoms with van der Waals surface area (Å²) < 4.78 is 2.00. The fourth-order valence-electron chi connectivity index (χ4n) is 4.39. The van der Waals surface area contributed by atoms with Crippen LogP contribution in [0, 0.1) is 13.8 Å². The van der Waals surface area contributed by atoms with Gasteiger partial charge in [-0.05, 0) is 58.3 Å². The second kappa shape index (κ2) is 7.76. The summed E-state index contributed by atoms with van der Waals surface area (Å²) in [6.07, 6.45) is 1.94. The summed E-state index contributed by atoms with van der Waals surface area (Å²) in [4.78, 5) is 24.6. The SMILES string of the molecule is Cc1ccc(-c2nc3sc(C)c(-c4cccs4)c3c(=O)n2C2CCN(C)CC2)cc1. The second-order valence-electron chi connectivity index (χ2n) is 8.20. The van der Waals surface area contributed by atoms with E-state index >= 15 is 0 Å². The van der Waals surface area contributed by atoms with Gasteiger partial charge in [-0.15, -0.1) is 22.7 Å². The first-order valence-electron chi connectivity index (χ1n) is 10.4. The van der Waals surface area contributed by atoms with Crippen LogP contribution in [0.1, 0.15) is 29.3 Å². The Bertz CT molecular complexity index is 1240. The molecule has 4 heterocycles. The lowest BCUT2D eigenvalue weighted by Crippen LogP contribution is -2.36. The Labute approximate surface area is 184 Å². The van der Waals surface area contributed by atoms with Crippen molar-refractivity contribution < 1.29 is 0 Å². The van der Waals surface area contributed by atoms with Gasteiger partial charge in [0, 0.05) is 26.9 Å². The predicted molar refractivity (Wildman–Crippen MR) is 128 cm³/mol. The maximum Gasteiger partial charge on any atom is 0.263 e. The molecule has 0 spiro atoms. The minimum absolute atomic E-state index is 0.109. The molecular weight excluding hydrogens is 410 g/mol. The van der Waals surface area contributed by atoms with Gasteiger partial charge >= 0.3 is 0 Å². The molecule has 1 fully saturated rings. The molecule has 154 valence electrons. The Morgan fingerprint density at radius 1 is 1.07 bits per heavy atom. The minimum atomic E-state index is 0.109. The predicted octanol–water partition coefficient (Wildman–Crippen LogP) is 5.74. The lowest BCUT2D eigenvalue weighted by molar-refractivity contribution is 0.219. The molecule has 0 bridgehead atoms. The number of likely N-dealkylation sites (tertiary alicyclic amines) is 1. The normalized spacial score (nSPS) is 15.8. The Balaban J connectivity index is 1.79. The molecule has 1 aliphatic heterocycles. The maximum atomic E-state index is 14.0. The third-order valence-corrected chi connectivity index (χ3v) is 7.95. The van der Waals surface area contributed by atoms with Gasteiger partial charge in [0.2, 0.25) is 0 Å². The van der Waals surface area contributed by atoms with E-state index in [-0.39, 0.29) is 11.6 Å². The van der Waals surface area contributed by atoms with Gasteiger partial charge in [-0.25, -0.2) is 4.98 Å². The molecule has 0 aliphatic carbocycles. The van der Waals surface area contributed by atoms with Crippen molar-refractivity contribution in [3.05, 3.63) is 62.6 Å². The highest BCUT2D eigenvalue weighted by molar-refractivity contribution is 7.20. The Morgan fingerprint density at radius 2 is 1.80 bits per heavy atom. The van der Waals surface area contributed by atoms with Crippen LogP contribution < -0.4 is 5.56 Å². The maximum absolute atomic E-state index is 14.0. The number of rotatable bonds is 3. The monoisotopic (exact) mass is 435 g/mol. The van der Waals surface area contributed by atoms with Crippen LogP contribution in [-0.4, -0.2) is 34.6 Å². The summed E-state index contributed by atoms with van der Waals surface area (Å²) in [7, 11) is 2.15. The summed E-state index contributed by atoms with van der Waals surface area (Å²) in [6, 6.07) is 12.7. The number of fused-ring (bicyclic) bond motifs is 1. The van der Waals surface area contributed by atoms with E-state index in [0.29, 0.717) is 0 Å². The van der Waals surface area contributed by atoms with E-state index in [1.54, 1.807) is 22.7 Å². The van der Waals surface area contributed by atoms with Crippen LogP contribution in [0.3, 0.4) is 0 Å². The van der Waals surface area contributed by atoms with Crippen LogP contribution in [0.5, 0.6) is 0 Å². The summed E-state index contributed by atoms with van der Waals surface area (Å²) in [5, 5.41) is 2.86. The van der Waals surface area contributed by atoms with Crippen LogP contribution in [-0.2, 0) is 0 Å². The van der Waals surface area contributed by atoms with Gasteiger partial charge in [0.1, 0.15) is 10.7 Å². The third kappa shape index (κ3) is 3.33. The van der Waals surface area contributed by atoms with Crippen LogP contribution in [0.4, 0.5) is 0 Å². The molecule has 0 atom stereocenters. The Hall–Kier alpha value is -2.28. The molecule has 0 unspecified atom stereocenters. The average Bonchev–Trinajstić information content (AvgIpc) is 3.36. The second-order valence-corrected chi connectivity index (χ2v) is 10.4. The first-order chi connectivity index (χ1) is 14.5. The zero-order valence-corrected chi connectivity index (χ0v) is 19.1. The van der Waals surface area contributed by atoms with E-state index in [2.05, 4.69) is 61.5 Å². The van der Waals surface area contributed by atoms with Crippen molar-refractivity contribution in [1.82, 2.24) is 14.5 Å². The first-order valence-corrected chi connectivity index (χ1v) is 12.1. The van der Waals surface area contributed by atoms with Gasteiger partial charge < -0.3 is 4.90 Å². The molecule has 4 nitrogen and oxygen atoms in total. The number of hydrogen-bond acceptors (Lipinski definition) is 5. The lowest BCUT2D eigenvalue weighted by atomic mass is 10.0. The number of nitrogens with zero attached hydrogens (tertiary/aromatic N) is 3. The van der Waals surface area contributed by atoms with Crippen molar-refractivity contribution in [1.29, 1.82) is 0 Å². The van der Waals surface area contributed by atoms with Crippen LogP contribution in [0.2, 0.25) is 0 Å². The van der Waals surface area contributed by atoms with E-state index in [1.165, 1.54) is 5.56 Å². The van der Waals surface area contributed by atoms with Crippen molar-refractivity contribution in [2.45, 2.75) is 32.7 Å². The fourth-order valence-corrected chi connectivity index (χ4v) is 6.32. The van der Waals surface area contributed by atoms with Crippen molar-refractivity contribution >= 4 is 32.9 Å². The molecule has 3 aromatic heterocycles. The Morgan fingerprint density at radius 3 is 2.47 bits per heavy atom. The summed E-state index contributed by atoms with van der Waals surface area (Å²) in [5.41, 5.74) is 3.40. The lowest BCUT2D eigenvalue weighted by Gasteiger charge is -2.31. The van der Waals surface area contributed by atoms with Gasteiger partial charge in [-0.1, -0.05) is 35.9 Å². The fraction of sp³-hybridized carbons (Fsp3) is 0.333. The molecule has 1 aliphatic rings. The molecular formula is C24H25N3OS2. The molecule has 4 aromatic rings. The Kier molecular flexibility index (Phi) is 5.09. The van der Waals surface area contributed by atoms with E-state index in [1.807, 2.05) is 10.6 Å².